The van der Waals surface area contributed by atoms with Crippen molar-refractivity contribution < 1.29 is 23.1 Å². The van der Waals surface area contributed by atoms with Crippen LogP contribution in [-0.4, -0.2) is 49.1 Å². The number of carbonyl (C=O) groups excluding carboxylic acids is 1. The predicted molar refractivity (Wildman–Crippen MR) is 95.2 cm³/mol. The Bertz CT molecular complexity index is 760. The molecule has 1 aliphatic heterocycles. The Morgan fingerprint density at radius 3 is 2.68 bits per heavy atom. The van der Waals surface area contributed by atoms with Gasteiger partial charge in [-0.1, -0.05) is 6.07 Å². The van der Waals surface area contributed by atoms with E-state index in [2.05, 4.69) is 4.72 Å². The Kier molecular flexibility index (Phi) is 6.05. The Morgan fingerprint density at radius 2 is 2.04 bits per heavy atom. The number of amides is 1. The van der Waals surface area contributed by atoms with Crippen molar-refractivity contribution in [1.82, 2.24) is 4.90 Å². The summed E-state index contributed by atoms with van der Waals surface area (Å²) in [5, 5.41) is 8.89. The first kappa shape index (κ1) is 19.2. The van der Waals surface area contributed by atoms with Gasteiger partial charge in [-0.3, -0.25) is 14.3 Å². The topological polar surface area (TPSA) is 104 Å². The lowest BCUT2D eigenvalue weighted by molar-refractivity contribution is -0.137. The van der Waals surface area contributed by atoms with E-state index in [0.29, 0.717) is 24.2 Å². The number of carboxylic acids is 1. The van der Waals surface area contributed by atoms with Gasteiger partial charge in [0.05, 0.1) is 11.9 Å². The van der Waals surface area contributed by atoms with Crippen LogP contribution in [0.15, 0.2) is 18.2 Å². The molecule has 1 atom stereocenters. The number of piperidine rings is 1. The van der Waals surface area contributed by atoms with E-state index in [0.717, 1.165) is 31.1 Å². The lowest BCUT2D eigenvalue weighted by Crippen LogP contribution is -2.44. The van der Waals surface area contributed by atoms with Gasteiger partial charge < -0.3 is 10.0 Å². The number of hydrogen-bond acceptors (Lipinski definition) is 4. The number of aliphatic carboxylic acids is 1. The highest BCUT2D eigenvalue weighted by molar-refractivity contribution is 7.92. The third kappa shape index (κ3) is 5.45. The molecule has 0 aliphatic carbocycles. The number of carbonyl (C=O) groups is 2. The quantitative estimate of drug-likeness (QED) is 0.801. The highest BCUT2D eigenvalue weighted by Crippen LogP contribution is 2.25. The molecular formula is C17H24N2O5S. The summed E-state index contributed by atoms with van der Waals surface area (Å²) in [4.78, 5) is 25.4. The van der Waals surface area contributed by atoms with Crippen molar-refractivity contribution in [3.63, 3.8) is 0 Å². The number of nitrogens with zero attached hydrogens (tertiary/aromatic N) is 1. The highest BCUT2D eigenvalue weighted by atomic mass is 32.2. The number of nitrogens with one attached hydrogen (secondary N) is 1. The van der Waals surface area contributed by atoms with Crippen LogP contribution >= 0.6 is 0 Å². The Hall–Kier alpha value is -2.09. The van der Waals surface area contributed by atoms with Gasteiger partial charge in [0.15, 0.2) is 0 Å². The van der Waals surface area contributed by atoms with Gasteiger partial charge in [-0.05, 0) is 50.3 Å². The molecule has 25 heavy (non-hydrogen) atoms. The average molecular weight is 368 g/mol. The molecule has 1 aliphatic rings. The van der Waals surface area contributed by atoms with Crippen molar-refractivity contribution in [3.8, 4) is 0 Å². The van der Waals surface area contributed by atoms with Gasteiger partial charge in [-0.15, -0.1) is 0 Å². The third-order valence-electron chi connectivity index (χ3n) is 4.36. The van der Waals surface area contributed by atoms with E-state index in [9.17, 15) is 18.0 Å². The molecule has 138 valence electrons. The Morgan fingerprint density at radius 1 is 1.32 bits per heavy atom. The van der Waals surface area contributed by atoms with E-state index in [1.807, 2.05) is 0 Å². The molecule has 0 bridgehead atoms. The van der Waals surface area contributed by atoms with Gasteiger partial charge in [-0.2, -0.15) is 0 Å². The number of aryl methyl sites for hydroxylation is 1. The molecule has 1 fully saturated rings. The van der Waals surface area contributed by atoms with Gasteiger partial charge >= 0.3 is 5.97 Å². The van der Waals surface area contributed by atoms with E-state index < -0.39 is 16.0 Å². The number of likely N-dealkylation sites (tertiary alicyclic amines) is 1. The van der Waals surface area contributed by atoms with E-state index in [4.69, 9.17) is 5.11 Å². The third-order valence-corrected chi connectivity index (χ3v) is 4.95. The maximum Gasteiger partial charge on any atom is 0.303 e. The van der Waals surface area contributed by atoms with Crippen LogP contribution in [0.4, 0.5) is 5.69 Å². The zero-order valence-electron chi connectivity index (χ0n) is 14.5. The van der Waals surface area contributed by atoms with Crippen LogP contribution in [0.5, 0.6) is 0 Å². The zero-order valence-corrected chi connectivity index (χ0v) is 15.3. The lowest BCUT2D eigenvalue weighted by Gasteiger charge is -2.36. The first-order valence-corrected chi connectivity index (χ1v) is 10.2. The molecular weight excluding hydrogens is 344 g/mol. The molecule has 1 unspecified atom stereocenters. The molecule has 2 rings (SSSR count). The van der Waals surface area contributed by atoms with Crippen molar-refractivity contribution in [1.29, 1.82) is 0 Å². The minimum absolute atomic E-state index is 0.0310. The fourth-order valence-corrected chi connectivity index (χ4v) is 3.71. The molecule has 1 heterocycles. The smallest absolute Gasteiger partial charge is 0.303 e. The minimum Gasteiger partial charge on any atom is -0.481 e. The highest BCUT2D eigenvalue weighted by Gasteiger charge is 2.28. The predicted octanol–water partition coefficient (Wildman–Crippen LogP) is 2.23. The summed E-state index contributed by atoms with van der Waals surface area (Å²) < 4.78 is 25.4. The second-order valence-corrected chi connectivity index (χ2v) is 8.23. The largest absolute Gasteiger partial charge is 0.481 e. The maximum atomic E-state index is 12.9. The standard InChI is InChI=1S/C17H24N2O5S/c1-12-6-7-13(11-15(12)18-25(2,23)24)17(22)19-10-4-3-5-14(19)8-9-16(20)21/h6-7,11,14,18H,3-5,8-10H2,1-2H3,(H,20,21). The molecule has 2 N–H and O–H groups in total. The van der Waals surface area contributed by atoms with Crippen LogP contribution in [0, 0.1) is 6.92 Å². The number of hydrogen-bond donors (Lipinski definition) is 2. The summed E-state index contributed by atoms with van der Waals surface area (Å²) in [6, 6.07) is 4.83. The molecule has 0 spiro atoms. The summed E-state index contributed by atoms with van der Waals surface area (Å²) in [7, 11) is -3.44. The summed E-state index contributed by atoms with van der Waals surface area (Å²) in [5.41, 5.74) is 1.51. The fraction of sp³-hybridized carbons (Fsp3) is 0.529. The normalized spacial score (nSPS) is 18.0. The minimum atomic E-state index is -3.44. The van der Waals surface area contributed by atoms with E-state index in [1.165, 1.54) is 0 Å². The molecule has 1 saturated heterocycles. The average Bonchev–Trinajstić information content (AvgIpc) is 2.53. The second-order valence-electron chi connectivity index (χ2n) is 6.48. The number of benzene rings is 1. The second kappa shape index (κ2) is 7.86. The maximum absolute atomic E-state index is 12.9. The van der Waals surface area contributed by atoms with Crippen LogP contribution < -0.4 is 4.72 Å². The number of sulfonamides is 1. The molecule has 0 radical (unpaired) electrons. The molecule has 1 aromatic carbocycles. The molecule has 8 heteroatoms. The van der Waals surface area contributed by atoms with Crippen LogP contribution in [0.25, 0.3) is 0 Å². The summed E-state index contributed by atoms with van der Waals surface area (Å²) in [6.07, 6.45) is 4.18. The zero-order chi connectivity index (χ0) is 18.6. The van der Waals surface area contributed by atoms with E-state index in [1.54, 1.807) is 30.0 Å². The lowest BCUT2D eigenvalue weighted by atomic mass is 9.96. The first-order valence-electron chi connectivity index (χ1n) is 8.28. The molecule has 0 saturated carbocycles. The van der Waals surface area contributed by atoms with Crippen molar-refractivity contribution in [2.75, 3.05) is 17.5 Å². The van der Waals surface area contributed by atoms with Crippen LogP contribution in [-0.2, 0) is 14.8 Å². The summed E-state index contributed by atoms with van der Waals surface area (Å²) in [6.45, 7) is 2.35. The van der Waals surface area contributed by atoms with E-state index in [-0.39, 0.29) is 18.4 Å². The number of rotatable bonds is 6. The van der Waals surface area contributed by atoms with Gasteiger partial charge in [0.2, 0.25) is 10.0 Å². The molecule has 7 nitrogen and oxygen atoms in total. The summed E-state index contributed by atoms with van der Waals surface area (Å²) >= 11 is 0. The van der Waals surface area contributed by atoms with Crippen molar-refractivity contribution >= 4 is 27.6 Å². The molecule has 1 amide bonds. The van der Waals surface area contributed by atoms with Crippen molar-refractivity contribution in [3.05, 3.63) is 29.3 Å². The van der Waals surface area contributed by atoms with Crippen molar-refractivity contribution in [2.24, 2.45) is 0 Å². The van der Waals surface area contributed by atoms with Crippen LogP contribution in [0.3, 0.4) is 0 Å². The van der Waals surface area contributed by atoms with Crippen LogP contribution in [0.1, 0.15) is 48.0 Å². The van der Waals surface area contributed by atoms with Gasteiger partial charge in [0.25, 0.3) is 5.91 Å². The Labute approximate surface area is 148 Å². The van der Waals surface area contributed by atoms with E-state index >= 15 is 0 Å². The SMILES string of the molecule is Cc1ccc(C(=O)N2CCCCC2CCC(=O)O)cc1NS(C)(=O)=O. The number of anilines is 1. The van der Waals surface area contributed by atoms with Crippen molar-refractivity contribution in [2.45, 2.75) is 45.1 Å². The van der Waals surface area contributed by atoms with Gasteiger partial charge in [0, 0.05) is 24.6 Å². The van der Waals surface area contributed by atoms with Gasteiger partial charge in [0.1, 0.15) is 0 Å². The molecule has 0 aromatic heterocycles. The monoisotopic (exact) mass is 368 g/mol. The fourth-order valence-electron chi connectivity index (χ4n) is 3.09. The summed E-state index contributed by atoms with van der Waals surface area (Å²) in [5.74, 6) is -1.06. The Balaban J connectivity index is 2.22. The van der Waals surface area contributed by atoms with Crippen LogP contribution in [0.2, 0.25) is 0 Å². The molecule has 1 aromatic rings. The number of carboxylic acid groups (broad SMARTS) is 1. The van der Waals surface area contributed by atoms with Gasteiger partial charge in [-0.25, -0.2) is 8.42 Å². The first-order chi connectivity index (χ1) is 11.7.